The summed E-state index contributed by atoms with van der Waals surface area (Å²) in [5.41, 5.74) is 0.771. The Morgan fingerprint density at radius 3 is 2.48 bits per heavy atom. The second-order valence-corrected chi connectivity index (χ2v) is 13.1. The molecule has 0 saturated heterocycles. The summed E-state index contributed by atoms with van der Waals surface area (Å²) in [6.07, 6.45) is 4.68. The van der Waals surface area contributed by atoms with Crippen LogP contribution in [-0.4, -0.2) is 26.0 Å². The van der Waals surface area contributed by atoms with Crippen LogP contribution in [0.4, 0.5) is 0 Å². The highest BCUT2D eigenvalue weighted by atomic mass is 79.9. The molecule has 0 amide bonds. The van der Waals surface area contributed by atoms with Crippen LogP contribution in [-0.2, 0) is 9.59 Å². The van der Waals surface area contributed by atoms with Gasteiger partial charge in [0.1, 0.15) is 5.78 Å². The number of alkyl halides is 3. The summed E-state index contributed by atoms with van der Waals surface area (Å²) < 4.78 is -0.332. The molecule has 0 N–H and O–H groups in total. The number of rotatable bonds is 1. The molecule has 0 bridgehead atoms. The van der Waals surface area contributed by atoms with Crippen molar-refractivity contribution < 1.29 is 9.59 Å². The molecular weight excluding hydrogens is 559 g/mol. The highest BCUT2D eigenvalue weighted by Gasteiger charge is 2.66. The van der Waals surface area contributed by atoms with Crippen LogP contribution in [0.15, 0.2) is 10.6 Å². The Morgan fingerprint density at radius 1 is 1.19 bits per heavy atom. The lowest BCUT2D eigenvalue weighted by Crippen LogP contribution is -2.61. The maximum absolute atomic E-state index is 12.9. The van der Waals surface area contributed by atoms with E-state index in [4.69, 9.17) is 11.6 Å². The predicted octanol–water partition coefficient (Wildman–Crippen LogP) is 6.41. The van der Waals surface area contributed by atoms with Crippen LogP contribution in [0, 0.1) is 34.5 Å². The number of allylic oxidation sites excluding steroid dienone is 1. The Balaban J connectivity index is 1.90. The second-order valence-electron chi connectivity index (χ2n) is 9.62. The van der Waals surface area contributed by atoms with Crippen molar-refractivity contribution in [1.82, 2.24) is 0 Å². The maximum atomic E-state index is 12.9. The fourth-order valence-corrected chi connectivity index (χ4v) is 10.2. The summed E-state index contributed by atoms with van der Waals surface area (Å²) >= 11 is 18.2. The van der Waals surface area contributed by atoms with Gasteiger partial charge in [-0.1, -0.05) is 80.2 Å². The van der Waals surface area contributed by atoms with Crippen LogP contribution < -0.4 is 0 Å². The zero-order chi connectivity index (χ0) is 19.9. The van der Waals surface area contributed by atoms with E-state index in [2.05, 4.69) is 68.6 Å². The average Bonchev–Trinajstić information content (AvgIpc) is 2.93. The molecule has 2 unspecified atom stereocenters. The standard InChI is InChI=1S/C21H26Br3ClO2/c1-10-15(23)17(27)16(25)18-20(10,3)13-6-7-19(2)12(4-5-14(19)26)11(13)8-21(18,24)9-22/h10-13,15H,4-9H2,1-3H3/t10-,11-,12-,13-,15?,19-,20+,21?/m0/s1. The van der Waals surface area contributed by atoms with E-state index in [0.717, 1.165) is 37.7 Å². The minimum atomic E-state index is -0.332. The van der Waals surface area contributed by atoms with Gasteiger partial charge in [-0.15, -0.1) is 0 Å². The van der Waals surface area contributed by atoms with Crippen molar-refractivity contribution in [3.8, 4) is 0 Å². The number of Topliss-reactive ketones (excluding diaryl/α,β-unsaturated/α-hetero) is 2. The lowest BCUT2D eigenvalue weighted by molar-refractivity contribution is -0.134. The van der Waals surface area contributed by atoms with Crippen LogP contribution in [0.2, 0.25) is 0 Å². The zero-order valence-corrected chi connectivity index (χ0v) is 21.5. The van der Waals surface area contributed by atoms with Crippen LogP contribution in [0.25, 0.3) is 0 Å². The van der Waals surface area contributed by atoms with E-state index < -0.39 is 0 Å². The molecule has 0 spiro atoms. The lowest BCUT2D eigenvalue weighted by Gasteiger charge is -2.63. The SMILES string of the molecule is C[C@H]1C(Br)C(=O)C(Cl)=C2C(Br)(CBr)C[C@@H]3[C@H](CC[C@]4(C)C(=O)CC[C@@H]34)[C@]21C. The Morgan fingerprint density at radius 2 is 1.85 bits per heavy atom. The first-order valence-corrected chi connectivity index (χ1v) is 13.1. The fourth-order valence-electron chi connectivity index (χ4n) is 7.13. The smallest absolute Gasteiger partial charge is 0.188 e. The molecule has 0 radical (unpaired) electrons. The van der Waals surface area contributed by atoms with E-state index in [1.54, 1.807) is 0 Å². The molecule has 6 heteroatoms. The first-order valence-electron chi connectivity index (χ1n) is 9.89. The van der Waals surface area contributed by atoms with Crippen molar-refractivity contribution in [2.24, 2.45) is 34.5 Å². The Labute approximate surface area is 192 Å². The maximum Gasteiger partial charge on any atom is 0.188 e. The molecule has 3 fully saturated rings. The summed E-state index contributed by atoms with van der Waals surface area (Å²) in [5, 5.41) is 1.14. The molecule has 27 heavy (non-hydrogen) atoms. The molecule has 2 nitrogen and oxygen atoms in total. The van der Waals surface area contributed by atoms with Crippen LogP contribution >= 0.6 is 59.4 Å². The number of fused-ring (bicyclic) bond motifs is 5. The van der Waals surface area contributed by atoms with Gasteiger partial charge in [0, 0.05) is 17.2 Å². The normalized spacial score (nSPS) is 52.5. The average molecular weight is 586 g/mol. The monoisotopic (exact) mass is 582 g/mol. The van der Waals surface area contributed by atoms with Crippen molar-refractivity contribution in [1.29, 1.82) is 0 Å². The molecule has 0 heterocycles. The third-order valence-corrected chi connectivity index (χ3v) is 13.0. The number of hydrogen-bond donors (Lipinski definition) is 0. The summed E-state index contributed by atoms with van der Waals surface area (Å²) in [6.45, 7) is 6.72. The molecule has 4 rings (SSSR count). The van der Waals surface area contributed by atoms with E-state index in [0.29, 0.717) is 33.9 Å². The van der Waals surface area contributed by atoms with Crippen molar-refractivity contribution in [3.05, 3.63) is 10.6 Å². The number of hydrogen-bond acceptors (Lipinski definition) is 2. The highest BCUT2D eigenvalue weighted by Crippen LogP contribution is 2.70. The topological polar surface area (TPSA) is 34.1 Å². The van der Waals surface area contributed by atoms with Crippen molar-refractivity contribution >= 4 is 71.0 Å². The number of carbonyl (C=O) groups excluding carboxylic acids is 2. The van der Waals surface area contributed by atoms with Crippen LogP contribution in [0.5, 0.6) is 0 Å². The first-order chi connectivity index (χ1) is 12.5. The van der Waals surface area contributed by atoms with Gasteiger partial charge in [-0.05, 0) is 60.3 Å². The van der Waals surface area contributed by atoms with Crippen LogP contribution in [0.1, 0.15) is 52.9 Å². The quantitative estimate of drug-likeness (QED) is 0.334. The van der Waals surface area contributed by atoms with Gasteiger partial charge in [-0.3, -0.25) is 9.59 Å². The van der Waals surface area contributed by atoms with E-state index in [1.165, 1.54) is 0 Å². The van der Waals surface area contributed by atoms with Crippen molar-refractivity contribution in [2.75, 3.05) is 5.33 Å². The Bertz CT molecular complexity index is 752. The van der Waals surface area contributed by atoms with Crippen molar-refractivity contribution in [2.45, 2.75) is 62.0 Å². The molecule has 8 atom stereocenters. The molecule has 150 valence electrons. The largest absolute Gasteiger partial charge is 0.299 e. The van der Waals surface area contributed by atoms with Gasteiger partial charge < -0.3 is 0 Å². The molecular formula is C21H26Br3ClO2. The Hall–Kier alpha value is 0.810. The number of halogens is 4. The molecule has 0 aromatic carbocycles. The lowest BCUT2D eigenvalue weighted by atomic mass is 9.43. The van der Waals surface area contributed by atoms with Gasteiger partial charge in [0.25, 0.3) is 0 Å². The third kappa shape index (κ3) is 2.59. The van der Waals surface area contributed by atoms with Gasteiger partial charge in [0.05, 0.1) is 14.2 Å². The van der Waals surface area contributed by atoms with E-state index in [9.17, 15) is 9.59 Å². The zero-order valence-electron chi connectivity index (χ0n) is 16.0. The summed E-state index contributed by atoms with van der Waals surface area (Å²) in [7, 11) is 0. The van der Waals surface area contributed by atoms with Gasteiger partial charge in [-0.2, -0.15) is 0 Å². The molecule has 0 aliphatic heterocycles. The molecule has 0 aromatic rings. The summed E-state index contributed by atoms with van der Waals surface area (Å²) in [4.78, 5) is 25.3. The first kappa shape index (κ1) is 21.1. The van der Waals surface area contributed by atoms with Crippen molar-refractivity contribution in [3.63, 3.8) is 0 Å². The molecule has 4 aliphatic rings. The fraction of sp³-hybridized carbons (Fsp3) is 0.810. The predicted molar refractivity (Wildman–Crippen MR) is 120 cm³/mol. The van der Waals surface area contributed by atoms with Gasteiger partial charge in [0.2, 0.25) is 0 Å². The van der Waals surface area contributed by atoms with E-state index >= 15 is 0 Å². The molecule has 0 aromatic heterocycles. The minimum absolute atomic E-state index is 0.0107. The minimum Gasteiger partial charge on any atom is -0.299 e. The highest BCUT2D eigenvalue weighted by molar-refractivity contribution is 9.12. The number of ketones is 2. The second kappa shape index (κ2) is 6.65. The van der Waals surface area contributed by atoms with E-state index in [-0.39, 0.29) is 31.7 Å². The molecule has 3 saturated carbocycles. The van der Waals surface area contributed by atoms with Gasteiger partial charge in [0.15, 0.2) is 5.78 Å². The van der Waals surface area contributed by atoms with Gasteiger partial charge in [-0.25, -0.2) is 0 Å². The van der Waals surface area contributed by atoms with Gasteiger partial charge >= 0.3 is 0 Å². The number of carbonyl (C=O) groups is 2. The summed E-state index contributed by atoms with van der Waals surface area (Å²) in [6, 6.07) is 0. The Kier molecular flexibility index (Phi) is 5.19. The third-order valence-electron chi connectivity index (χ3n) is 8.75. The summed E-state index contributed by atoms with van der Waals surface area (Å²) in [5.74, 6) is 2.00. The van der Waals surface area contributed by atoms with Crippen LogP contribution in [0.3, 0.4) is 0 Å². The van der Waals surface area contributed by atoms with E-state index in [1.807, 2.05) is 0 Å². The molecule has 4 aliphatic carbocycles.